The Bertz CT molecular complexity index is 350. The van der Waals surface area contributed by atoms with Gasteiger partial charge in [-0.2, -0.15) is 0 Å². The normalized spacial score (nSPS) is 15.7. The molecular weight excluding hydrogens is 206 g/mol. The summed E-state index contributed by atoms with van der Waals surface area (Å²) in [6.45, 7) is 0.664. The van der Waals surface area contributed by atoms with Crippen LogP contribution in [0.3, 0.4) is 0 Å². The van der Waals surface area contributed by atoms with Crippen molar-refractivity contribution in [3.05, 3.63) is 12.1 Å². The molecule has 1 aromatic heterocycles. The van der Waals surface area contributed by atoms with E-state index in [4.69, 9.17) is 19.7 Å². The van der Waals surface area contributed by atoms with Crippen LogP contribution in [0, 0.1) is 0 Å². The number of aromatic hydroxyl groups is 2. The molecule has 0 saturated carbocycles. The molecule has 0 bridgehead atoms. The Kier molecular flexibility index (Phi) is 2.38. The second kappa shape index (κ2) is 3.70. The first-order valence-corrected chi connectivity index (χ1v) is 4.23. The van der Waals surface area contributed by atoms with Crippen LogP contribution in [0.1, 0.15) is 0 Å². The van der Waals surface area contributed by atoms with Crippen molar-refractivity contribution in [2.45, 2.75) is 6.10 Å². The fraction of sp³-hybridized carbons (Fsp3) is 0.375. The molecule has 0 spiro atoms. The van der Waals surface area contributed by atoms with E-state index in [0.29, 0.717) is 17.9 Å². The first kappa shape index (κ1) is 9.66. The maximum Gasteiger partial charge on any atom is 0.534 e. The van der Waals surface area contributed by atoms with E-state index in [-0.39, 0.29) is 6.10 Å². The number of ether oxygens (including phenoxy) is 2. The number of hydrogen-bond acceptors (Lipinski definition) is 6. The van der Waals surface area contributed by atoms with E-state index in [2.05, 4.69) is 4.84 Å². The third-order valence-electron chi connectivity index (χ3n) is 1.83. The lowest BCUT2D eigenvalue weighted by Crippen LogP contribution is -2.39. The number of aromatic nitrogens is 1. The van der Waals surface area contributed by atoms with Crippen LogP contribution in [0.5, 0.6) is 11.8 Å². The summed E-state index contributed by atoms with van der Waals surface area (Å²) in [6.07, 6.45) is -1.33. The minimum atomic E-state index is -1.01. The molecule has 1 aliphatic rings. The summed E-state index contributed by atoms with van der Waals surface area (Å²) in [5.74, 6) is -0.788. The third-order valence-corrected chi connectivity index (χ3v) is 1.83. The highest BCUT2D eigenvalue weighted by atomic mass is 16.8. The molecule has 0 atom stereocenters. The van der Waals surface area contributed by atoms with E-state index in [1.165, 1.54) is 12.1 Å². The van der Waals surface area contributed by atoms with Crippen LogP contribution in [0.25, 0.3) is 0 Å². The Morgan fingerprint density at radius 3 is 2.47 bits per heavy atom. The van der Waals surface area contributed by atoms with Gasteiger partial charge in [-0.15, -0.1) is 4.73 Å². The Morgan fingerprint density at radius 2 is 2.00 bits per heavy atom. The first-order valence-electron chi connectivity index (χ1n) is 4.23. The maximum absolute atomic E-state index is 11.1. The van der Waals surface area contributed by atoms with Crippen molar-refractivity contribution >= 4 is 6.16 Å². The lowest BCUT2D eigenvalue weighted by Gasteiger charge is -2.24. The van der Waals surface area contributed by atoms with Crippen LogP contribution < -0.4 is 4.84 Å². The number of rotatable bonds is 2. The Balaban J connectivity index is 1.93. The largest absolute Gasteiger partial charge is 0.534 e. The minimum Gasteiger partial charge on any atom is -0.492 e. The molecule has 0 unspecified atom stereocenters. The fourth-order valence-electron chi connectivity index (χ4n) is 1.01. The molecule has 2 heterocycles. The summed E-state index contributed by atoms with van der Waals surface area (Å²) >= 11 is 0. The monoisotopic (exact) mass is 215 g/mol. The molecule has 0 aliphatic carbocycles. The molecule has 0 radical (unpaired) electrons. The second-order valence-electron chi connectivity index (χ2n) is 2.96. The van der Waals surface area contributed by atoms with Crippen LogP contribution >= 0.6 is 0 Å². The van der Waals surface area contributed by atoms with Crippen molar-refractivity contribution in [3.8, 4) is 11.8 Å². The first-order chi connectivity index (χ1) is 7.16. The summed E-state index contributed by atoms with van der Waals surface area (Å²) in [4.78, 5) is 15.6. The Morgan fingerprint density at radius 1 is 1.40 bits per heavy atom. The van der Waals surface area contributed by atoms with E-state index < -0.39 is 17.9 Å². The van der Waals surface area contributed by atoms with Gasteiger partial charge in [0, 0.05) is 12.1 Å². The average Bonchev–Trinajstić information content (AvgIpc) is 2.43. The van der Waals surface area contributed by atoms with E-state index in [0.717, 1.165) is 0 Å². The van der Waals surface area contributed by atoms with E-state index in [1.54, 1.807) is 0 Å². The number of hydrogen-bond donors (Lipinski definition) is 2. The highest BCUT2D eigenvalue weighted by molar-refractivity contribution is 5.61. The summed E-state index contributed by atoms with van der Waals surface area (Å²) in [7, 11) is 0. The molecular formula is C8H9NO6. The predicted octanol–water partition coefficient (Wildman–Crippen LogP) is -0.137. The van der Waals surface area contributed by atoms with Gasteiger partial charge in [0.05, 0.1) is 13.2 Å². The van der Waals surface area contributed by atoms with Crippen molar-refractivity contribution in [1.29, 1.82) is 0 Å². The third kappa shape index (κ3) is 1.96. The van der Waals surface area contributed by atoms with Crippen LogP contribution in [-0.2, 0) is 9.47 Å². The van der Waals surface area contributed by atoms with Crippen molar-refractivity contribution in [1.82, 2.24) is 4.73 Å². The highest BCUT2D eigenvalue weighted by Crippen LogP contribution is 2.19. The molecule has 82 valence electrons. The predicted molar refractivity (Wildman–Crippen MR) is 45.4 cm³/mol. The van der Waals surface area contributed by atoms with Crippen molar-refractivity contribution in [2.24, 2.45) is 0 Å². The van der Waals surface area contributed by atoms with Gasteiger partial charge >= 0.3 is 6.16 Å². The zero-order valence-corrected chi connectivity index (χ0v) is 7.62. The molecule has 2 N–H and O–H groups in total. The topological polar surface area (TPSA) is 90.2 Å². The molecule has 15 heavy (non-hydrogen) atoms. The van der Waals surface area contributed by atoms with Crippen LogP contribution in [0.15, 0.2) is 12.1 Å². The molecule has 2 rings (SSSR count). The lowest BCUT2D eigenvalue weighted by molar-refractivity contribution is -0.115. The highest BCUT2D eigenvalue weighted by Gasteiger charge is 2.24. The zero-order valence-electron chi connectivity index (χ0n) is 7.62. The van der Waals surface area contributed by atoms with E-state index >= 15 is 0 Å². The summed E-state index contributed by atoms with van der Waals surface area (Å²) < 4.78 is 10.1. The fourth-order valence-corrected chi connectivity index (χ4v) is 1.01. The summed E-state index contributed by atoms with van der Waals surface area (Å²) in [5, 5.41) is 18.3. The minimum absolute atomic E-state index is 0.322. The van der Waals surface area contributed by atoms with Gasteiger partial charge in [-0.1, -0.05) is 0 Å². The van der Waals surface area contributed by atoms with Crippen LogP contribution in [-0.4, -0.2) is 40.4 Å². The van der Waals surface area contributed by atoms with Gasteiger partial charge in [0.15, 0.2) is 6.10 Å². The number of nitrogens with zero attached hydrogens (tertiary/aromatic N) is 1. The van der Waals surface area contributed by atoms with Gasteiger partial charge < -0.3 is 19.7 Å². The van der Waals surface area contributed by atoms with Gasteiger partial charge in [0.1, 0.15) is 0 Å². The van der Waals surface area contributed by atoms with E-state index in [1.807, 2.05) is 0 Å². The van der Waals surface area contributed by atoms with Gasteiger partial charge in [0.2, 0.25) is 11.8 Å². The molecule has 7 heteroatoms. The standard InChI is InChI=1S/C8H9NO6/c10-6-1-2-7(11)9(6)15-8(12)14-5-3-13-4-5/h1-2,5,10-11H,3-4H2. The average molecular weight is 215 g/mol. The van der Waals surface area contributed by atoms with E-state index in [9.17, 15) is 4.79 Å². The maximum atomic E-state index is 11.1. The van der Waals surface area contributed by atoms with Crippen molar-refractivity contribution < 1.29 is 29.3 Å². The van der Waals surface area contributed by atoms with Gasteiger partial charge in [0.25, 0.3) is 0 Å². The summed E-state index contributed by atoms with van der Waals surface area (Å²) in [5.41, 5.74) is 0. The Labute approximate surface area is 84.3 Å². The van der Waals surface area contributed by atoms with Gasteiger partial charge in [-0.25, -0.2) is 4.79 Å². The van der Waals surface area contributed by atoms with Crippen LogP contribution in [0.2, 0.25) is 0 Å². The molecule has 7 nitrogen and oxygen atoms in total. The van der Waals surface area contributed by atoms with Crippen molar-refractivity contribution in [3.63, 3.8) is 0 Å². The SMILES string of the molecule is O=C(OC1COC1)On1c(O)ccc1O. The van der Waals surface area contributed by atoms with Crippen molar-refractivity contribution in [2.75, 3.05) is 13.2 Å². The Hall–Kier alpha value is -1.89. The lowest BCUT2D eigenvalue weighted by atomic mass is 10.3. The molecule has 1 aromatic rings. The summed E-state index contributed by atoms with van der Waals surface area (Å²) in [6, 6.07) is 2.35. The van der Waals surface area contributed by atoms with Crippen LogP contribution in [0.4, 0.5) is 4.79 Å². The molecule has 0 aromatic carbocycles. The van der Waals surface area contributed by atoms with Gasteiger partial charge in [-0.3, -0.25) is 4.84 Å². The second-order valence-corrected chi connectivity index (χ2v) is 2.96. The number of carbonyl (C=O) groups excluding carboxylic acids is 1. The molecule has 1 saturated heterocycles. The molecule has 1 aliphatic heterocycles. The number of carbonyl (C=O) groups is 1. The van der Waals surface area contributed by atoms with Gasteiger partial charge in [-0.05, 0) is 0 Å². The molecule has 1 fully saturated rings. The zero-order chi connectivity index (χ0) is 10.8. The quantitative estimate of drug-likeness (QED) is 0.667. The molecule has 0 amide bonds. The smallest absolute Gasteiger partial charge is 0.492 e.